The molecule has 6 heteroatoms. The van der Waals surface area contributed by atoms with Crippen LogP contribution in [0.2, 0.25) is 0 Å². The number of fused-ring (bicyclic) bond motifs is 2. The number of rotatable bonds is 3. The number of nitrogens with one attached hydrogen (secondary N) is 1. The SMILES string of the molecule is Cc1cc2c(cc1C1CC(=O)Nc3c1cnn3Cc1ccccc1)OCO2. The highest BCUT2D eigenvalue weighted by Gasteiger charge is 2.32. The quantitative estimate of drug-likeness (QED) is 0.776. The van der Waals surface area contributed by atoms with E-state index in [1.54, 1.807) is 0 Å². The van der Waals surface area contributed by atoms with E-state index >= 15 is 0 Å². The lowest BCUT2D eigenvalue weighted by Gasteiger charge is -2.25. The molecule has 3 aromatic rings. The van der Waals surface area contributed by atoms with Crippen molar-refractivity contribution < 1.29 is 14.3 Å². The number of nitrogens with zero attached hydrogens (tertiary/aromatic N) is 2. The van der Waals surface area contributed by atoms with Gasteiger partial charge in [-0.2, -0.15) is 5.10 Å². The summed E-state index contributed by atoms with van der Waals surface area (Å²) in [5.41, 5.74) is 4.34. The minimum Gasteiger partial charge on any atom is -0.454 e. The molecule has 0 bridgehead atoms. The lowest BCUT2D eigenvalue weighted by molar-refractivity contribution is -0.116. The minimum absolute atomic E-state index is 0.000575. The van der Waals surface area contributed by atoms with Crippen LogP contribution in [0.5, 0.6) is 11.5 Å². The Kier molecular flexibility index (Phi) is 3.63. The van der Waals surface area contributed by atoms with Gasteiger partial charge in [0.2, 0.25) is 12.7 Å². The highest BCUT2D eigenvalue weighted by molar-refractivity contribution is 5.94. The Morgan fingerprint density at radius 3 is 2.74 bits per heavy atom. The first-order valence-electron chi connectivity index (χ1n) is 8.98. The lowest BCUT2D eigenvalue weighted by atomic mass is 9.85. The molecule has 1 aromatic heterocycles. The number of carbonyl (C=O) groups is 1. The third-order valence-corrected chi connectivity index (χ3v) is 5.20. The van der Waals surface area contributed by atoms with Crippen molar-refractivity contribution in [3.8, 4) is 11.5 Å². The molecule has 0 fully saturated rings. The first kappa shape index (κ1) is 15.9. The summed E-state index contributed by atoms with van der Waals surface area (Å²) in [7, 11) is 0. The maximum absolute atomic E-state index is 12.4. The van der Waals surface area contributed by atoms with Crippen LogP contribution in [0.25, 0.3) is 0 Å². The van der Waals surface area contributed by atoms with Crippen LogP contribution in [0.15, 0.2) is 48.7 Å². The zero-order valence-electron chi connectivity index (χ0n) is 14.9. The summed E-state index contributed by atoms with van der Waals surface area (Å²) in [6.07, 6.45) is 2.26. The average molecular weight is 361 g/mol. The van der Waals surface area contributed by atoms with E-state index in [-0.39, 0.29) is 18.6 Å². The number of ether oxygens (including phenoxy) is 2. The second-order valence-electron chi connectivity index (χ2n) is 6.96. The molecule has 1 N–H and O–H groups in total. The van der Waals surface area contributed by atoms with Gasteiger partial charge in [0, 0.05) is 17.9 Å². The minimum atomic E-state index is -0.0484. The van der Waals surface area contributed by atoms with Gasteiger partial charge in [-0.1, -0.05) is 30.3 Å². The molecule has 5 rings (SSSR count). The molecule has 2 aromatic carbocycles. The Labute approximate surface area is 156 Å². The van der Waals surface area contributed by atoms with Gasteiger partial charge in [-0.3, -0.25) is 4.79 Å². The topological polar surface area (TPSA) is 65.4 Å². The smallest absolute Gasteiger partial charge is 0.231 e. The van der Waals surface area contributed by atoms with E-state index in [0.717, 1.165) is 39.6 Å². The van der Waals surface area contributed by atoms with Crippen LogP contribution in [-0.2, 0) is 11.3 Å². The summed E-state index contributed by atoms with van der Waals surface area (Å²) in [6, 6.07) is 14.1. The second-order valence-corrected chi connectivity index (χ2v) is 6.96. The number of benzene rings is 2. The van der Waals surface area contributed by atoms with Gasteiger partial charge in [0.15, 0.2) is 11.5 Å². The van der Waals surface area contributed by atoms with Crippen molar-refractivity contribution in [2.24, 2.45) is 0 Å². The Balaban J connectivity index is 1.55. The second kappa shape index (κ2) is 6.16. The van der Waals surface area contributed by atoms with Gasteiger partial charge in [0.25, 0.3) is 0 Å². The van der Waals surface area contributed by atoms with Crippen molar-refractivity contribution >= 4 is 11.7 Å². The molecule has 0 spiro atoms. The van der Waals surface area contributed by atoms with E-state index in [9.17, 15) is 4.79 Å². The van der Waals surface area contributed by atoms with Crippen LogP contribution in [0.4, 0.5) is 5.82 Å². The zero-order valence-corrected chi connectivity index (χ0v) is 14.9. The van der Waals surface area contributed by atoms with Gasteiger partial charge in [-0.25, -0.2) is 4.68 Å². The molecular weight excluding hydrogens is 342 g/mol. The molecule has 1 unspecified atom stereocenters. The molecule has 6 nitrogen and oxygen atoms in total. The Morgan fingerprint density at radius 2 is 1.93 bits per heavy atom. The first-order chi connectivity index (χ1) is 13.2. The summed E-state index contributed by atoms with van der Waals surface area (Å²) >= 11 is 0. The standard InChI is InChI=1S/C21H19N3O3/c1-13-7-18-19(27-12-26-18)8-15(13)16-9-20(25)23-21-17(16)10-22-24(21)11-14-5-3-2-4-6-14/h2-8,10,16H,9,11-12H2,1H3,(H,23,25). The number of hydrogen-bond acceptors (Lipinski definition) is 4. The molecule has 2 aliphatic rings. The Morgan fingerprint density at radius 1 is 1.15 bits per heavy atom. The Hall–Kier alpha value is -3.28. The van der Waals surface area contributed by atoms with Crippen molar-refractivity contribution in [2.45, 2.75) is 25.8 Å². The van der Waals surface area contributed by atoms with Crippen LogP contribution < -0.4 is 14.8 Å². The van der Waals surface area contributed by atoms with Crippen LogP contribution in [-0.4, -0.2) is 22.5 Å². The maximum Gasteiger partial charge on any atom is 0.231 e. The largest absolute Gasteiger partial charge is 0.454 e. The third-order valence-electron chi connectivity index (χ3n) is 5.20. The van der Waals surface area contributed by atoms with Gasteiger partial charge in [0.1, 0.15) is 5.82 Å². The van der Waals surface area contributed by atoms with Gasteiger partial charge in [-0.15, -0.1) is 0 Å². The number of hydrogen-bond donors (Lipinski definition) is 1. The molecular formula is C21H19N3O3. The van der Waals surface area contributed by atoms with Crippen molar-refractivity contribution in [3.05, 3.63) is 70.9 Å². The molecule has 0 saturated carbocycles. The molecule has 2 aliphatic heterocycles. The number of amides is 1. The normalized spacial score (nSPS) is 17.5. The average Bonchev–Trinajstić information content (AvgIpc) is 3.28. The number of aromatic nitrogens is 2. The number of anilines is 1. The van der Waals surface area contributed by atoms with Crippen LogP contribution >= 0.6 is 0 Å². The third kappa shape index (κ3) is 2.73. The fourth-order valence-electron chi connectivity index (χ4n) is 3.86. The van der Waals surface area contributed by atoms with E-state index in [1.807, 2.05) is 48.1 Å². The van der Waals surface area contributed by atoms with Gasteiger partial charge in [-0.05, 0) is 35.7 Å². The molecule has 0 aliphatic carbocycles. The summed E-state index contributed by atoms with van der Waals surface area (Å²) in [4.78, 5) is 12.4. The van der Waals surface area contributed by atoms with E-state index in [2.05, 4.69) is 22.5 Å². The lowest BCUT2D eigenvalue weighted by Crippen LogP contribution is -2.25. The van der Waals surface area contributed by atoms with Crippen LogP contribution in [0, 0.1) is 6.92 Å². The molecule has 3 heterocycles. The molecule has 136 valence electrons. The molecule has 27 heavy (non-hydrogen) atoms. The van der Waals surface area contributed by atoms with Crippen molar-refractivity contribution in [1.29, 1.82) is 0 Å². The van der Waals surface area contributed by atoms with E-state index in [0.29, 0.717) is 13.0 Å². The molecule has 0 saturated heterocycles. The van der Waals surface area contributed by atoms with Crippen molar-refractivity contribution in [3.63, 3.8) is 0 Å². The van der Waals surface area contributed by atoms with Gasteiger partial charge >= 0.3 is 0 Å². The van der Waals surface area contributed by atoms with Crippen LogP contribution in [0.3, 0.4) is 0 Å². The van der Waals surface area contributed by atoms with Gasteiger partial charge < -0.3 is 14.8 Å². The maximum atomic E-state index is 12.4. The highest BCUT2D eigenvalue weighted by atomic mass is 16.7. The summed E-state index contributed by atoms with van der Waals surface area (Å²) in [5, 5.41) is 7.56. The molecule has 1 amide bonds. The first-order valence-corrected chi connectivity index (χ1v) is 8.98. The van der Waals surface area contributed by atoms with E-state index < -0.39 is 0 Å². The van der Waals surface area contributed by atoms with Crippen molar-refractivity contribution in [2.75, 3.05) is 12.1 Å². The Bertz CT molecular complexity index is 1030. The molecule has 0 radical (unpaired) electrons. The fourth-order valence-corrected chi connectivity index (χ4v) is 3.86. The predicted octanol–water partition coefficient (Wildman–Crippen LogP) is 3.44. The van der Waals surface area contributed by atoms with Gasteiger partial charge in [0.05, 0.1) is 12.7 Å². The van der Waals surface area contributed by atoms with Crippen molar-refractivity contribution in [1.82, 2.24) is 9.78 Å². The summed E-state index contributed by atoms with van der Waals surface area (Å²) < 4.78 is 12.9. The monoisotopic (exact) mass is 361 g/mol. The number of carbonyl (C=O) groups excluding carboxylic acids is 1. The highest BCUT2D eigenvalue weighted by Crippen LogP contribution is 2.43. The predicted molar refractivity (Wildman–Crippen MR) is 100 cm³/mol. The zero-order chi connectivity index (χ0) is 18.4. The van der Waals surface area contributed by atoms with Crippen LogP contribution in [0.1, 0.15) is 34.6 Å². The van der Waals surface area contributed by atoms with E-state index in [4.69, 9.17) is 9.47 Å². The summed E-state index contributed by atoms with van der Waals surface area (Å²) in [6.45, 7) is 2.89. The fraction of sp³-hybridized carbons (Fsp3) is 0.238. The summed E-state index contributed by atoms with van der Waals surface area (Å²) in [5.74, 6) is 2.22. The number of aryl methyl sites for hydroxylation is 1. The van der Waals surface area contributed by atoms with E-state index in [1.165, 1.54) is 0 Å². The molecule has 1 atom stereocenters.